The van der Waals surface area contributed by atoms with Crippen LogP contribution in [0, 0.1) is 0 Å². The van der Waals surface area contributed by atoms with E-state index in [1.54, 1.807) is 33.9 Å². The minimum atomic E-state index is -0.409. The van der Waals surface area contributed by atoms with Crippen molar-refractivity contribution in [2.24, 2.45) is 0 Å². The van der Waals surface area contributed by atoms with Crippen molar-refractivity contribution in [3.63, 3.8) is 0 Å². The predicted octanol–water partition coefficient (Wildman–Crippen LogP) is 3.67. The van der Waals surface area contributed by atoms with Gasteiger partial charge in [-0.15, -0.1) is 0 Å². The first-order valence-corrected chi connectivity index (χ1v) is 8.69. The molecular formula is C19H16ClN5O2. The molecule has 0 aliphatic heterocycles. The fourth-order valence-electron chi connectivity index (χ4n) is 2.64. The molecule has 0 fully saturated rings. The summed E-state index contributed by atoms with van der Waals surface area (Å²) in [6, 6.07) is 15.0. The van der Waals surface area contributed by atoms with Crippen molar-refractivity contribution in [2.75, 3.05) is 5.32 Å². The highest BCUT2D eigenvalue weighted by atomic mass is 35.5. The molecule has 7 nitrogen and oxygen atoms in total. The molecule has 1 amide bonds. The molecule has 0 radical (unpaired) electrons. The average molecular weight is 382 g/mol. The highest BCUT2D eigenvalue weighted by Crippen LogP contribution is 2.21. The van der Waals surface area contributed by atoms with E-state index in [2.05, 4.69) is 15.5 Å². The Morgan fingerprint density at radius 1 is 1.07 bits per heavy atom. The molecule has 1 N–H and O–H groups in total. The maximum absolute atomic E-state index is 12.4. The zero-order valence-corrected chi connectivity index (χ0v) is 15.0. The van der Waals surface area contributed by atoms with Crippen molar-refractivity contribution in [1.82, 2.24) is 19.6 Å². The number of halogens is 1. The molecule has 27 heavy (non-hydrogen) atoms. The van der Waals surface area contributed by atoms with Crippen LogP contribution in [-0.4, -0.2) is 25.5 Å². The summed E-state index contributed by atoms with van der Waals surface area (Å²) >= 11 is 6.20. The molecule has 3 heterocycles. The van der Waals surface area contributed by atoms with Crippen LogP contribution in [0.4, 0.5) is 5.82 Å². The van der Waals surface area contributed by atoms with Gasteiger partial charge in [-0.3, -0.25) is 14.2 Å². The second-order valence-electron chi connectivity index (χ2n) is 5.93. The van der Waals surface area contributed by atoms with Gasteiger partial charge in [-0.1, -0.05) is 41.9 Å². The summed E-state index contributed by atoms with van der Waals surface area (Å²) in [6.45, 7) is 1.01. The van der Waals surface area contributed by atoms with Gasteiger partial charge >= 0.3 is 0 Å². The van der Waals surface area contributed by atoms with Crippen LogP contribution in [-0.2, 0) is 13.1 Å². The average Bonchev–Trinajstić information content (AvgIpc) is 3.40. The van der Waals surface area contributed by atoms with Crippen molar-refractivity contribution in [3.8, 4) is 0 Å². The van der Waals surface area contributed by atoms with Gasteiger partial charge in [-0.2, -0.15) is 10.2 Å². The van der Waals surface area contributed by atoms with E-state index in [9.17, 15) is 4.79 Å². The van der Waals surface area contributed by atoms with Crippen LogP contribution in [0.5, 0.6) is 0 Å². The zero-order valence-electron chi connectivity index (χ0n) is 14.2. The molecule has 0 aliphatic rings. The summed E-state index contributed by atoms with van der Waals surface area (Å²) in [7, 11) is 0. The molecule has 0 bridgehead atoms. The smallest absolute Gasteiger partial charge is 0.292 e. The zero-order chi connectivity index (χ0) is 18.6. The van der Waals surface area contributed by atoms with Gasteiger partial charge < -0.3 is 9.73 Å². The Labute approximate surface area is 160 Å². The topological polar surface area (TPSA) is 77.9 Å². The molecule has 1 aromatic carbocycles. The highest BCUT2D eigenvalue weighted by molar-refractivity contribution is 6.33. The molecule has 0 unspecified atom stereocenters. The van der Waals surface area contributed by atoms with Crippen molar-refractivity contribution in [3.05, 3.63) is 89.2 Å². The first-order valence-electron chi connectivity index (χ1n) is 8.32. The van der Waals surface area contributed by atoms with Crippen LogP contribution in [0.15, 0.2) is 71.5 Å². The molecule has 3 aromatic heterocycles. The number of benzene rings is 1. The van der Waals surface area contributed by atoms with Gasteiger partial charge in [-0.25, -0.2) is 0 Å². The van der Waals surface area contributed by atoms with E-state index in [-0.39, 0.29) is 5.76 Å². The molecule has 8 heteroatoms. The summed E-state index contributed by atoms with van der Waals surface area (Å²) in [5.41, 5.74) is 1.09. The Kier molecular flexibility index (Phi) is 4.76. The molecule has 0 spiro atoms. The van der Waals surface area contributed by atoms with E-state index >= 15 is 0 Å². The standard InChI is InChI=1S/C19H16ClN5O2/c20-16-13-25(11-14-5-2-1-3-6-14)23-18(16)22-19(26)17-8-7-15(27-17)12-24-10-4-9-21-24/h1-10,13H,11-12H2,(H,22,23,26). The van der Waals surface area contributed by atoms with Crippen molar-refractivity contribution in [2.45, 2.75) is 13.1 Å². The number of hydrogen-bond donors (Lipinski definition) is 1. The monoisotopic (exact) mass is 381 g/mol. The second-order valence-corrected chi connectivity index (χ2v) is 6.34. The highest BCUT2D eigenvalue weighted by Gasteiger charge is 2.16. The van der Waals surface area contributed by atoms with Gasteiger partial charge in [0.15, 0.2) is 11.6 Å². The maximum atomic E-state index is 12.4. The Balaban J connectivity index is 1.43. The van der Waals surface area contributed by atoms with Crippen LogP contribution in [0.25, 0.3) is 0 Å². The molecule has 4 aromatic rings. The van der Waals surface area contributed by atoms with Crippen LogP contribution in [0.2, 0.25) is 5.02 Å². The van der Waals surface area contributed by atoms with Gasteiger partial charge in [0, 0.05) is 18.6 Å². The molecule has 0 saturated heterocycles. The normalized spacial score (nSPS) is 10.9. The quantitative estimate of drug-likeness (QED) is 0.552. The van der Waals surface area contributed by atoms with Crippen LogP contribution in [0.3, 0.4) is 0 Å². The SMILES string of the molecule is O=C(Nc1nn(Cc2ccccc2)cc1Cl)c1ccc(Cn2cccn2)o1. The summed E-state index contributed by atoms with van der Waals surface area (Å²) in [6.07, 6.45) is 5.18. The summed E-state index contributed by atoms with van der Waals surface area (Å²) in [4.78, 5) is 12.4. The summed E-state index contributed by atoms with van der Waals surface area (Å²) in [5, 5.41) is 11.5. The van der Waals surface area contributed by atoms with Crippen LogP contribution in [0.1, 0.15) is 21.9 Å². The number of nitrogens with zero attached hydrogens (tertiary/aromatic N) is 4. The Hall–Kier alpha value is -3.32. The first-order chi connectivity index (χ1) is 13.2. The number of nitrogens with one attached hydrogen (secondary N) is 1. The lowest BCUT2D eigenvalue weighted by Crippen LogP contribution is -2.12. The number of carbonyl (C=O) groups excluding carboxylic acids is 1. The van der Waals surface area contributed by atoms with Gasteiger partial charge in [0.2, 0.25) is 0 Å². The Bertz CT molecular complexity index is 1040. The van der Waals surface area contributed by atoms with Crippen molar-refractivity contribution < 1.29 is 9.21 Å². The fraction of sp³-hybridized carbons (Fsp3) is 0.105. The number of furan rings is 1. The van der Waals surface area contributed by atoms with E-state index < -0.39 is 5.91 Å². The maximum Gasteiger partial charge on any atom is 0.292 e. The number of rotatable bonds is 6. The number of aromatic nitrogens is 4. The van der Waals surface area contributed by atoms with Crippen molar-refractivity contribution >= 4 is 23.3 Å². The van der Waals surface area contributed by atoms with E-state index in [0.29, 0.717) is 29.7 Å². The number of hydrogen-bond acceptors (Lipinski definition) is 4. The molecule has 0 atom stereocenters. The van der Waals surface area contributed by atoms with Crippen molar-refractivity contribution in [1.29, 1.82) is 0 Å². The van der Waals surface area contributed by atoms with Gasteiger partial charge in [-0.05, 0) is 23.8 Å². The van der Waals surface area contributed by atoms with E-state index in [1.165, 1.54) is 0 Å². The molecular weight excluding hydrogens is 366 g/mol. The molecule has 4 rings (SSSR count). The van der Waals surface area contributed by atoms with Crippen LogP contribution >= 0.6 is 11.6 Å². The molecule has 136 valence electrons. The first kappa shape index (κ1) is 17.1. The lowest BCUT2D eigenvalue weighted by molar-refractivity contribution is 0.0994. The lowest BCUT2D eigenvalue weighted by Gasteiger charge is -2.02. The third kappa shape index (κ3) is 4.09. The number of amides is 1. The summed E-state index contributed by atoms with van der Waals surface area (Å²) < 4.78 is 8.97. The number of anilines is 1. The second kappa shape index (κ2) is 7.51. The minimum absolute atomic E-state index is 0.186. The lowest BCUT2D eigenvalue weighted by atomic mass is 10.2. The number of carbonyl (C=O) groups is 1. The Morgan fingerprint density at radius 2 is 1.93 bits per heavy atom. The molecule has 0 aliphatic carbocycles. The Morgan fingerprint density at radius 3 is 2.70 bits per heavy atom. The molecule has 0 saturated carbocycles. The third-order valence-corrected chi connectivity index (χ3v) is 4.18. The summed E-state index contributed by atoms with van der Waals surface area (Å²) in [5.74, 6) is 0.701. The van der Waals surface area contributed by atoms with Gasteiger partial charge in [0.05, 0.1) is 13.1 Å². The van der Waals surface area contributed by atoms with E-state index in [0.717, 1.165) is 5.56 Å². The largest absolute Gasteiger partial charge is 0.454 e. The fourth-order valence-corrected chi connectivity index (χ4v) is 2.84. The van der Waals surface area contributed by atoms with E-state index in [4.69, 9.17) is 16.0 Å². The van der Waals surface area contributed by atoms with Gasteiger partial charge in [0.1, 0.15) is 10.8 Å². The predicted molar refractivity (Wildman–Crippen MR) is 101 cm³/mol. The minimum Gasteiger partial charge on any atom is -0.454 e. The van der Waals surface area contributed by atoms with Crippen LogP contribution < -0.4 is 5.32 Å². The third-order valence-electron chi connectivity index (χ3n) is 3.90. The van der Waals surface area contributed by atoms with E-state index in [1.807, 2.05) is 42.6 Å². The van der Waals surface area contributed by atoms with Gasteiger partial charge in [0.25, 0.3) is 5.91 Å².